The maximum absolute atomic E-state index is 12.4. The van der Waals surface area contributed by atoms with Gasteiger partial charge in [0.15, 0.2) is 5.13 Å². The average molecular weight is 358 g/mol. The van der Waals surface area contributed by atoms with Crippen LogP contribution in [0.25, 0.3) is 9.53 Å². The molecule has 1 aliphatic rings. The van der Waals surface area contributed by atoms with E-state index >= 15 is 0 Å². The van der Waals surface area contributed by atoms with Crippen LogP contribution in [0.3, 0.4) is 0 Å². The molecule has 7 heteroatoms. The Labute approximate surface area is 147 Å². The highest BCUT2D eigenvalue weighted by Gasteiger charge is 2.31. The van der Waals surface area contributed by atoms with Crippen LogP contribution >= 0.6 is 22.7 Å². The zero-order valence-corrected chi connectivity index (χ0v) is 14.6. The van der Waals surface area contributed by atoms with Crippen molar-refractivity contribution in [1.82, 2.24) is 10.3 Å². The van der Waals surface area contributed by atoms with Crippen molar-refractivity contribution in [2.45, 2.75) is 18.9 Å². The van der Waals surface area contributed by atoms with Gasteiger partial charge in [0, 0.05) is 18.3 Å². The zero-order valence-electron chi connectivity index (χ0n) is 13.0. The summed E-state index contributed by atoms with van der Waals surface area (Å²) in [6, 6.07) is 12.0. The first-order valence-corrected chi connectivity index (χ1v) is 9.59. The number of anilines is 2. The number of benzene rings is 1. The van der Waals surface area contributed by atoms with Gasteiger partial charge in [-0.25, -0.2) is 4.98 Å². The number of fused-ring (bicyclic) bond motifs is 1. The molecule has 1 unspecified atom stereocenters. The Morgan fingerprint density at radius 1 is 1.29 bits per heavy atom. The second-order valence-corrected chi connectivity index (χ2v) is 8.00. The smallest absolute Gasteiger partial charge is 0.261 e. The molecule has 3 aromatic rings. The number of nitrogens with one attached hydrogen (secondary N) is 2. The molecule has 4 rings (SSSR count). The van der Waals surface area contributed by atoms with Crippen molar-refractivity contribution in [2.75, 3.05) is 11.9 Å². The fraction of sp³-hybridized carbons (Fsp3) is 0.294. The third-order valence-electron chi connectivity index (χ3n) is 4.10. The van der Waals surface area contributed by atoms with Crippen LogP contribution < -0.4 is 16.4 Å². The third kappa shape index (κ3) is 3.28. The van der Waals surface area contributed by atoms with Crippen molar-refractivity contribution in [3.05, 3.63) is 41.3 Å². The Hall–Kier alpha value is -1.96. The van der Waals surface area contributed by atoms with Crippen molar-refractivity contribution in [3.8, 4) is 0 Å². The third-order valence-corrected chi connectivity index (χ3v) is 6.17. The summed E-state index contributed by atoms with van der Waals surface area (Å²) in [5.41, 5.74) is 6.77. The number of thiophene rings is 1. The van der Waals surface area contributed by atoms with E-state index in [1.54, 1.807) is 11.3 Å². The molecule has 124 valence electrons. The molecule has 0 bridgehead atoms. The van der Waals surface area contributed by atoms with Crippen LogP contribution in [-0.2, 0) is 0 Å². The Bertz CT molecular complexity index is 822. The van der Waals surface area contributed by atoms with E-state index in [4.69, 9.17) is 5.73 Å². The molecule has 5 nitrogen and oxygen atoms in total. The van der Waals surface area contributed by atoms with Gasteiger partial charge in [-0.1, -0.05) is 29.5 Å². The number of nitrogens with two attached hydrogens (primary N) is 1. The first-order valence-electron chi connectivity index (χ1n) is 7.96. The standard InChI is InChI=1S/C17H18N4OS2/c18-9-12(10-6-7-10)20-15(22)13-8-14-16(23-13)21-17(24-14)19-11-4-2-1-3-5-11/h1-5,8,10,12H,6-7,9,18H2,(H,19,21)(H,20,22). The lowest BCUT2D eigenvalue weighted by Gasteiger charge is -2.14. The van der Waals surface area contributed by atoms with E-state index in [-0.39, 0.29) is 11.9 Å². The second kappa shape index (κ2) is 6.51. The van der Waals surface area contributed by atoms with E-state index in [9.17, 15) is 4.79 Å². The summed E-state index contributed by atoms with van der Waals surface area (Å²) >= 11 is 2.98. The van der Waals surface area contributed by atoms with Crippen molar-refractivity contribution in [1.29, 1.82) is 0 Å². The molecule has 1 atom stereocenters. The minimum absolute atomic E-state index is 0.0369. The summed E-state index contributed by atoms with van der Waals surface area (Å²) in [5, 5.41) is 7.19. The SMILES string of the molecule is NCC(NC(=O)c1cc2sc(Nc3ccccc3)nc2s1)C1CC1. The number of rotatable bonds is 6. The number of para-hydroxylation sites is 1. The average Bonchev–Trinajstić information content (AvgIpc) is 3.25. The Balaban J connectivity index is 1.48. The van der Waals surface area contributed by atoms with E-state index in [1.165, 1.54) is 11.3 Å². The topological polar surface area (TPSA) is 80.0 Å². The van der Waals surface area contributed by atoms with Crippen LogP contribution in [0.4, 0.5) is 10.8 Å². The van der Waals surface area contributed by atoms with Gasteiger partial charge in [-0.15, -0.1) is 11.3 Å². The lowest BCUT2D eigenvalue weighted by molar-refractivity contribution is 0.0937. The first kappa shape index (κ1) is 15.6. The van der Waals surface area contributed by atoms with Crippen LogP contribution in [0, 0.1) is 5.92 Å². The lowest BCUT2D eigenvalue weighted by atomic mass is 10.2. The molecule has 2 aromatic heterocycles. The van der Waals surface area contributed by atoms with Gasteiger partial charge >= 0.3 is 0 Å². The van der Waals surface area contributed by atoms with Gasteiger partial charge in [0.05, 0.1) is 9.58 Å². The molecule has 0 spiro atoms. The summed E-state index contributed by atoms with van der Waals surface area (Å²) in [7, 11) is 0. The van der Waals surface area contributed by atoms with Gasteiger partial charge in [-0.3, -0.25) is 4.79 Å². The molecule has 1 aliphatic carbocycles. The summed E-state index contributed by atoms with van der Waals surface area (Å²) in [6.07, 6.45) is 2.33. The maximum atomic E-state index is 12.4. The van der Waals surface area contributed by atoms with E-state index in [2.05, 4.69) is 15.6 Å². The second-order valence-electron chi connectivity index (χ2n) is 5.94. The number of thiazole rings is 1. The van der Waals surface area contributed by atoms with Crippen LogP contribution in [-0.4, -0.2) is 23.5 Å². The first-order chi connectivity index (χ1) is 11.7. The van der Waals surface area contributed by atoms with Crippen molar-refractivity contribution in [3.63, 3.8) is 0 Å². The molecule has 1 fully saturated rings. The van der Waals surface area contributed by atoms with Gasteiger partial charge in [-0.2, -0.15) is 0 Å². The molecule has 2 heterocycles. The normalized spacial score (nSPS) is 15.4. The molecule has 0 saturated heterocycles. The fourth-order valence-corrected chi connectivity index (χ4v) is 4.69. The Morgan fingerprint density at radius 2 is 2.08 bits per heavy atom. The van der Waals surface area contributed by atoms with Crippen molar-refractivity contribution in [2.24, 2.45) is 11.7 Å². The Morgan fingerprint density at radius 3 is 2.75 bits per heavy atom. The van der Waals surface area contributed by atoms with E-state index in [1.807, 2.05) is 36.4 Å². The van der Waals surface area contributed by atoms with Crippen LogP contribution in [0.2, 0.25) is 0 Å². The molecule has 1 amide bonds. The molecular weight excluding hydrogens is 340 g/mol. The maximum Gasteiger partial charge on any atom is 0.261 e. The van der Waals surface area contributed by atoms with Gasteiger partial charge in [-0.05, 0) is 37.0 Å². The zero-order chi connectivity index (χ0) is 16.5. The molecule has 0 aliphatic heterocycles. The van der Waals surface area contributed by atoms with E-state index < -0.39 is 0 Å². The summed E-state index contributed by atoms with van der Waals surface area (Å²) in [6.45, 7) is 0.500. The highest BCUT2D eigenvalue weighted by molar-refractivity contribution is 7.29. The van der Waals surface area contributed by atoms with E-state index in [0.29, 0.717) is 17.3 Å². The molecule has 24 heavy (non-hydrogen) atoms. The van der Waals surface area contributed by atoms with Crippen molar-refractivity contribution < 1.29 is 4.79 Å². The predicted octanol–water partition coefficient (Wildman–Crippen LogP) is 3.57. The number of nitrogens with zero attached hydrogens (tertiary/aromatic N) is 1. The van der Waals surface area contributed by atoms with Gasteiger partial charge in [0.25, 0.3) is 5.91 Å². The highest BCUT2D eigenvalue weighted by Crippen LogP contribution is 2.35. The van der Waals surface area contributed by atoms with Crippen LogP contribution in [0.5, 0.6) is 0 Å². The largest absolute Gasteiger partial charge is 0.347 e. The van der Waals surface area contributed by atoms with Crippen LogP contribution in [0.15, 0.2) is 36.4 Å². The van der Waals surface area contributed by atoms with Gasteiger partial charge in [0.1, 0.15) is 4.83 Å². The quantitative estimate of drug-likeness (QED) is 0.629. The number of carbonyl (C=O) groups excluding carboxylic acids is 1. The van der Waals surface area contributed by atoms with E-state index in [0.717, 1.165) is 33.2 Å². The van der Waals surface area contributed by atoms with Crippen LogP contribution in [0.1, 0.15) is 22.5 Å². The minimum atomic E-state index is -0.0369. The number of aromatic nitrogens is 1. The summed E-state index contributed by atoms with van der Waals surface area (Å²) in [5.74, 6) is 0.518. The number of hydrogen-bond donors (Lipinski definition) is 3. The molecular formula is C17H18N4OS2. The minimum Gasteiger partial charge on any atom is -0.347 e. The van der Waals surface area contributed by atoms with Crippen molar-refractivity contribution >= 4 is 48.9 Å². The number of carbonyl (C=O) groups is 1. The lowest BCUT2D eigenvalue weighted by Crippen LogP contribution is -2.41. The molecule has 0 radical (unpaired) electrons. The number of hydrogen-bond acceptors (Lipinski definition) is 6. The highest BCUT2D eigenvalue weighted by atomic mass is 32.1. The fourth-order valence-electron chi connectivity index (χ4n) is 2.65. The summed E-state index contributed by atoms with van der Waals surface area (Å²) < 4.78 is 1.03. The number of amides is 1. The van der Waals surface area contributed by atoms with Gasteiger partial charge < -0.3 is 16.4 Å². The predicted molar refractivity (Wildman–Crippen MR) is 100 cm³/mol. The van der Waals surface area contributed by atoms with Gasteiger partial charge in [0.2, 0.25) is 0 Å². The molecule has 1 aromatic carbocycles. The summed E-state index contributed by atoms with van der Waals surface area (Å²) in [4.78, 5) is 18.6. The molecule has 4 N–H and O–H groups in total. The Kier molecular flexibility index (Phi) is 4.22. The molecule has 1 saturated carbocycles. The monoisotopic (exact) mass is 358 g/mol.